The molecule has 0 unspecified atom stereocenters. The van der Waals surface area contributed by atoms with E-state index in [0.29, 0.717) is 4.31 Å². The lowest BCUT2D eigenvalue weighted by atomic mass is 10.0. The average Bonchev–Trinajstić information content (AvgIpc) is 2.27. The second kappa shape index (κ2) is 5.18. The van der Waals surface area contributed by atoms with Crippen molar-refractivity contribution >= 4 is 22.0 Å². The molecule has 0 aromatic heterocycles. The molecule has 0 aliphatic carbocycles. The number of rotatable bonds is 5. The van der Waals surface area contributed by atoms with Gasteiger partial charge in [0.25, 0.3) is 0 Å². The normalized spacial score (nSPS) is 12.2. The summed E-state index contributed by atoms with van der Waals surface area (Å²) in [5.74, 6) is -1.36. The second-order valence-electron chi connectivity index (χ2n) is 4.63. The third-order valence-electron chi connectivity index (χ3n) is 2.84. The summed E-state index contributed by atoms with van der Waals surface area (Å²) in [6.07, 6.45) is 0.772. The van der Waals surface area contributed by atoms with E-state index in [2.05, 4.69) is 0 Å². The number of hydrogen-bond donors (Lipinski definition) is 2. The Morgan fingerprint density at radius 3 is 2.05 bits per heavy atom. The molecule has 1 rings (SSSR count). The monoisotopic (exact) mass is 287 g/mol. The van der Waals surface area contributed by atoms with Crippen LogP contribution < -0.4 is 4.31 Å². The fraction of sp³-hybridized carbons (Fsp3) is 0.417. The molecule has 0 saturated carbocycles. The number of benzene rings is 1. The molecule has 0 saturated heterocycles. The molecule has 0 heterocycles. The largest absolute Gasteiger partial charge is 0.479 e. The highest BCUT2D eigenvalue weighted by Gasteiger charge is 2.41. The van der Waals surface area contributed by atoms with Crippen molar-refractivity contribution in [2.45, 2.75) is 32.7 Å². The van der Waals surface area contributed by atoms with E-state index in [4.69, 9.17) is 5.11 Å². The Kier molecular flexibility index (Phi) is 4.21. The van der Waals surface area contributed by atoms with Crippen LogP contribution >= 0.6 is 0 Å². The minimum atomic E-state index is -4.69. The van der Waals surface area contributed by atoms with Gasteiger partial charge in [-0.1, -0.05) is 19.1 Å². The molecule has 0 bridgehead atoms. The van der Waals surface area contributed by atoms with Crippen LogP contribution in [0, 0.1) is 0 Å². The Hall–Kier alpha value is -1.60. The van der Waals surface area contributed by atoms with Gasteiger partial charge >= 0.3 is 16.3 Å². The van der Waals surface area contributed by atoms with Crippen LogP contribution in [0.4, 0.5) is 5.69 Å². The molecule has 1 aromatic rings. The highest BCUT2D eigenvalue weighted by Crippen LogP contribution is 2.27. The van der Waals surface area contributed by atoms with Crippen LogP contribution in [0.1, 0.15) is 26.3 Å². The zero-order valence-corrected chi connectivity index (χ0v) is 11.8. The summed E-state index contributed by atoms with van der Waals surface area (Å²) in [6, 6.07) is 6.31. The quantitative estimate of drug-likeness (QED) is 0.804. The van der Waals surface area contributed by atoms with Gasteiger partial charge in [0.2, 0.25) is 0 Å². The first kappa shape index (κ1) is 15.5. The van der Waals surface area contributed by atoms with Gasteiger partial charge in [0.05, 0.1) is 5.69 Å². The van der Waals surface area contributed by atoms with Gasteiger partial charge in [-0.3, -0.25) is 4.55 Å². The Bertz CT molecular complexity index is 562. The number of anilines is 1. The number of aliphatic carboxylic acids is 1. The Balaban J connectivity index is 3.37. The Morgan fingerprint density at radius 2 is 1.74 bits per heavy atom. The van der Waals surface area contributed by atoms with Crippen molar-refractivity contribution in [1.82, 2.24) is 0 Å². The lowest BCUT2D eigenvalue weighted by Gasteiger charge is -2.33. The van der Waals surface area contributed by atoms with Crippen molar-refractivity contribution in [3.63, 3.8) is 0 Å². The SMILES string of the molecule is CCc1ccc(N(C(C)(C)C(=O)O)S(=O)(=O)O)cc1. The summed E-state index contributed by atoms with van der Waals surface area (Å²) < 4.78 is 32.7. The highest BCUT2D eigenvalue weighted by atomic mass is 32.2. The first-order valence-corrected chi connectivity index (χ1v) is 7.10. The summed E-state index contributed by atoms with van der Waals surface area (Å²) in [4.78, 5) is 11.2. The van der Waals surface area contributed by atoms with Crippen molar-refractivity contribution in [2.24, 2.45) is 0 Å². The van der Waals surface area contributed by atoms with Crippen molar-refractivity contribution in [3.8, 4) is 0 Å². The predicted octanol–water partition coefficient (Wildman–Crippen LogP) is 1.72. The standard InChI is InChI=1S/C12H17NO5S/c1-4-9-5-7-10(8-6-9)13(19(16,17)18)12(2,3)11(14)15/h5-8H,4H2,1-3H3,(H,14,15)(H,16,17,18). The van der Waals surface area contributed by atoms with Gasteiger partial charge < -0.3 is 5.11 Å². The van der Waals surface area contributed by atoms with Gasteiger partial charge in [-0.15, -0.1) is 0 Å². The molecule has 0 fully saturated rings. The van der Waals surface area contributed by atoms with Crippen LogP contribution in [-0.2, 0) is 21.5 Å². The Morgan fingerprint density at radius 1 is 1.26 bits per heavy atom. The van der Waals surface area contributed by atoms with E-state index < -0.39 is 21.8 Å². The molecule has 0 atom stereocenters. The van der Waals surface area contributed by atoms with Gasteiger partial charge in [0, 0.05) is 0 Å². The number of aryl methyl sites for hydroxylation is 1. The van der Waals surface area contributed by atoms with Crippen LogP contribution in [0.25, 0.3) is 0 Å². The minimum Gasteiger partial charge on any atom is -0.479 e. The smallest absolute Gasteiger partial charge is 0.361 e. The van der Waals surface area contributed by atoms with E-state index in [0.717, 1.165) is 12.0 Å². The van der Waals surface area contributed by atoms with Crippen molar-refractivity contribution in [1.29, 1.82) is 0 Å². The molecular weight excluding hydrogens is 270 g/mol. The lowest BCUT2D eigenvalue weighted by Crippen LogP contribution is -2.53. The van der Waals surface area contributed by atoms with Gasteiger partial charge in [-0.05, 0) is 38.0 Å². The first-order valence-electron chi connectivity index (χ1n) is 5.71. The fourth-order valence-corrected chi connectivity index (χ4v) is 2.74. The number of hydrogen-bond acceptors (Lipinski definition) is 3. The molecule has 0 aliphatic rings. The van der Waals surface area contributed by atoms with Gasteiger partial charge in [-0.25, -0.2) is 9.10 Å². The van der Waals surface area contributed by atoms with Gasteiger partial charge in [0.1, 0.15) is 5.54 Å². The number of carboxylic acid groups (broad SMARTS) is 1. The van der Waals surface area contributed by atoms with Crippen molar-refractivity contribution < 1.29 is 22.9 Å². The van der Waals surface area contributed by atoms with Crippen molar-refractivity contribution in [3.05, 3.63) is 29.8 Å². The van der Waals surface area contributed by atoms with Crippen LogP contribution in [0.2, 0.25) is 0 Å². The molecule has 2 N–H and O–H groups in total. The molecule has 1 aromatic carbocycles. The third-order valence-corrected chi connectivity index (χ3v) is 3.97. The molecule has 0 amide bonds. The first-order chi connectivity index (χ1) is 8.60. The van der Waals surface area contributed by atoms with E-state index in [1.165, 1.54) is 26.0 Å². The average molecular weight is 287 g/mol. The van der Waals surface area contributed by atoms with E-state index in [1.807, 2.05) is 6.92 Å². The Labute approximate surface area is 112 Å². The van der Waals surface area contributed by atoms with Crippen LogP contribution in [0.15, 0.2) is 24.3 Å². The van der Waals surface area contributed by atoms with Crippen LogP contribution in [0.3, 0.4) is 0 Å². The maximum atomic E-state index is 11.5. The summed E-state index contributed by atoms with van der Waals surface area (Å²) in [7, 11) is -4.69. The van der Waals surface area contributed by atoms with Crippen LogP contribution in [0.5, 0.6) is 0 Å². The molecule has 0 aliphatic heterocycles. The van der Waals surface area contributed by atoms with E-state index in [1.54, 1.807) is 12.1 Å². The maximum absolute atomic E-state index is 11.5. The summed E-state index contributed by atoms with van der Waals surface area (Å²) in [5, 5.41) is 9.12. The second-order valence-corrected chi connectivity index (χ2v) is 5.89. The highest BCUT2D eigenvalue weighted by molar-refractivity contribution is 7.87. The molecule has 106 valence electrons. The topological polar surface area (TPSA) is 94.9 Å². The van der Waals surface area contributed by atoms with Gasteiger partial charge in [-0.2, -0.15) is 8.42 Å². The zero-order valence-electron chi connectivity index (χ0n) is 11.0. The minimum absolute atomic E-state index is 0.104. The van der Waals surface area contributed by atoms with E-state index >= 15 is 0 Å². The molecule has 19 heavy (non-hydrogen) atoms. The maximum Gasteiger partial charge on any atom is 0.361 e. The summed E-state index contributed by atoms with van der Waals surface area (Å²) in [5.41, 5.74) is -0.708. The molecular formula is C12H17NO5S. The van der Waals surface area contributed by atoms with Crippen LogP contribution in [-0.4, -0.2) is 29.6 Å². The number of carboxylic acids is 1. The predicted molar refractivity (Wildman–Crippen MR) is 71.6 cm³/mol. The molecule has 6 nitrogen and oxygen atoms in total. The molecule has 0 spiro atoms. The van der Waals surface area contributed by atoms with E-state index in [-0.39, 0.29) is 5.69 Å². The number of nitrogens with zero attached hydrogens (tertiary/aromatic N) is 1. The zero-order chi connectivity index (χ0) is 14.8. The molecule has 0 radical (unpaired) electrons. The molecule has 7 heteroatoms. The number of carbonyl (C=O) groups is 1. The third kappa shape index (κ3) is 3.24. The van der Waals surface area contributed by atoms with Gasteiger partial charge in [0.15, 0.2) is 0 Å². The summed E-state index contributed by atoms with van der Waals surface area (Å²) >= 11 is 0. The summed E-state index contributed by atoms with van der Waals surface area (Å²) in [6.45, 7) is 4.35. The fourth-order valence-electron chi connectivity index (χ4n) is 1.70. The van der Waals surface area contributed by atoms with Crippen molar-refractivity contribution in [2.75, 3.05) is 4.31 Å². The van der Waals surface area contributed by atoms with E-state index in [9.17, 15) is 17.8 Å². The lowest BCUT2D eigenvalue weighted by molar-refractivity contribution is -0.141.